The second-order valence-corrected chi connectivity index (χ2v) is 4.92. The predicted molar refractivity (Wildman–Crippen MR) is 79.3 cm³/mol. The van der Waals surface area contributed by atoms with E-state index in [9.17, 15) is 14.4 Å². The van der Waals surface area contributed by atoms with E-state index in [0.29, 0.717) is 24.4 Å². The van der Waals surface area contributed by atoms with Crippen LogP contribution in [0, 0.1) is 0 Å². The van der Waals surface area contributed by atoms with Gasteiger partial charge in [0.15, 0.2) is 12.7 Å². The summed E-state index contributed by atoms with van der Waals surface area (Å²) in [7, 11) is 0. The van der Waals surface area contributed by atoms with Crippen LogP contribution in [0.4, 0.5) is 11.4 Å². The Morgan fingerprint density at radius 1 is 1.27 bits per heavy atom. The molecule has 1 aliphatic rings. The molecule has 0 radical (unpaired) electrons. The summed E-state index contributed by atoms with van der Waals surface area (Å²) in [5.41, 5.74) is 1.08. The van der Waals surface area contributed by atoms with Gasteiger partial charge in [-0.3, -0.25) is 9.59 Å². The van der Waals surface area contributed by atoms with Crippen LogP contribution in [0.1, 0.15) is 19.8 Å². The lowest BCUT2D eigenvalue weighted by atomic mass is 10.2. The van der Waals surface area contributed by atoms with E-state index >= 15 is 0 Å². The first kappa shape index (κ1) is 16.0. The molecule has 1 fully saturated rings. The number of hydrogen-bond donors (Lipinski definition) is 2. The largest absolute Gasteiger partial charge is 0.454 e. The fraction of sp³-hybridized carbons (Fsp3) is 0.400. The molecule has 22 heavy (non-hydrogen) atoms. The summed E-state index contributed by atoms with van der Waals surface area (Å²) in [6, 6.07) is 6.68. The van der Waals surface area contributed by atoms with Gasteiger partial charge in [0.05, 0.1) is 0 Å². The third-order valence-electron chi connectivity index (χ3n) is 3.00. The second kappa shape index (κ2) is 7.56. The maximum atomic E-state index is 11.7. The molecule has 118 valence electrons. The summed E-state index contributed by atoms with van der Waals surface area (Å²) in [5.74, 6) is -1.17. The molecule has 0 saturated carbocycles. The Morgan fingerprint density at radius 3 is 2.64 bits per heavy atom. The van der Waals surface area contributed by atoms with Gasteiger partial charge >= 0.3 is 5.97 Å². The van der Waals surface area contributed by atoms with Crippen LogP contribution in [-0.2, 0) is 23.9 Å². The smallest absolute Gasteiger partial charge is 0.335 e. The molecule has 7 heteroatoms. The molecule has 1 aromatic rings. The zero-order valence-electron chi connectivity index (χ0n) is 12.3. The summed E-state index contributed by atoms with van der Waals surface area (Å²) < 4.78 is 10.1. The minimum atomic E-state index is -0.559. The molecule has 1 heterocycles. The summed E-state index contributed by atoms with van der Waals surface area (Å²) >= 11 is 0. The number of carbonyl (C=O) groups is 3. The van der Waals surface area contributed by atoms with Gasteiger partial charge in [-0.2, -0.15) is 0 Å². The average Bonchev–Trinajstić information content (AvgIpc) is 2.98. The molecule has 1 aromatic carbocycles. The van der Waals surface area contributed by atoms with Crippen LogP contribution in [-0.4, -0.2) is 37.1 Å². The normalized spacial score (nSPS) is 16.9. The van der Waals surface area contributed by atoms with E-state index in [2.05, 4.69) is 10.6 Å². The topological polar surface area (TPSA) is 93.7 Å². The lowest BCUT2D eigenvalue weighted by Gasteiger charge is -2.10. The molecule has 1 saturated heterocycles. The third kappa shape index (κ3) is 4.85. The van der Waals surface area contributed by atoms with E-state index in [1.165, 1.54) is 6.92 Å². The van der Waals surface area contributed by atoms with Crippen molar-refractivity contribution in [2.45, 2.75) is 25.9 Å². The number of hydrogen-bond acceptors (Lipinski definition) is 5. The maximum Gasteiger partial charge on any atom is 0.335 e. The molecule has 7 nitrogen and oxygen atoms in total. The third-order valence-corrected chi connectivity index (χ3v) is 3.00. The van der Waals surface area contributed by atoms with Crippen molar-refractivity contribution < 1.29 is 23.9 Å². The van der Waals surface area contributed by atoms with Gasteiger partial charge < -0.3 is 20.1 Å². The fourth-order valence-electron chi connectivity index (χ4n) is 2.07. The molecular weight excluding hydrogens is 288 g/mol. The van der Waals surface area contributed by atoms with Gasteiger partial charge in [0.25, 0.3) is 5.91 Å². The summed E-state index contributed by atoms with van der Waals surface area (Å²) in [4.78, 5) is 34.3. The minimum Gasteiger partial charge on any atom is -0.454 e. The first-order chi connectivity index (χ1) is 10.5. The first-order valence-corrected chi connectivity index (χ1v) is 7.00. The number of anilines is 2. The van der Waals surface area contributed by atoms with E-state index in [4.69, 9.17) is 9.47 Å². The Morgan fingerprint density at radius 2 is 2.00 bits per heavy atom. The van der Waals surface area contributed by atoms with Crippen molar-refractivity contribution in [1.82, 2.24) is 0 Å². The summed E-state index contributed by atoms with van der Waals surface area (Å²) in [6.07, 6.45) is 0.886. The molecule has 0 aliphatic carbocycles. The van der Waals surface area contributed by atoms with Crippen LogP contribution in [0.5, 0.6) is 0 Å². The standard InChI is InChI=1S/C15H18N2O5/c1-10(18)16-11-4-2-5-12(8-11)17-14(19)9-22-15(20)13-6-3-7-21-13/h2,4-5,8,13H,3,6-7,9H2,1H3,(H,16,18)(H,17,19)/t13-/m1/s1. The molecule has 2 N–H and O–H groups in total. The van der Waals surface area contributed by atoms with E-state index < -0.39 is 18.0 Å². The Bertz CT molecular complexity index is 567. The highest BCUT2D eigenvalue weighted by atomic mass is 16.6. The Labute approximate surface area is 128 Å². The van der Waals surface area contributed by atoms with Crippen molar-refractivity contribution in [2.75, 3.05) is 23.8 Å². The van der Waals surface area contributed by atoms with E-state index in [0.717, 1.165) is 6.42 Å². The van der Waals surface area contributed by atoms with Crippen LogP contribution >= 0.6 is 0 Å². The number of amides is 2. The molecule has 1 aliphatic heterocycles. The quantitative estimate of drug-likeness (QED) is 0.800. The maximum absolute atomic E-state index is 11.7. The van der Waals surface area contributed by atoms with Crippen LogP contribution in [0.25, 0.3) is 0 Å². The molecular formula is C15H18N2O5. The molecule has 2 amide bonds. The van der Waals surface area contributed by atoms with Crippen LogP contribution < -0.4 is 10.6 Å². The van der Waals surface area contributed by atoms with Gasteiger partial charge in [-0.05, 0) is 31.0 Å². The number of nitrogens with one attached hydrogen (secondary N) is 2. The Balaban J connectivity index is 1.81. The van der Waals surface area contributed by atoms with Gasteiger partial charge in [-0.25, -0.2) is 4.79 Å². The van der Waals surface area contributed by atoms with E-state index in [-0.39, 0.29) is 12.5 Å². The Hall–Kier alpha value is -2.41. The highest BCUT2D eigenvalue weighted by Crippen LogP contribution is 2.15. The van der Waals surface area contributed by atoms with Crippen LogP contribution in [0.15, 0.2) is 24.3 Å². The van der Waals surface area contributed by atoms with Gasteiger partial charge in [0, 0.05) is 24.9 Å². The van der Waals surface area contributed by atoms with Crippen molar-refractivity contribution >= 4 is 29.2 Å². The fourth-order valence-corrected chi connectivity index (χ4v) is 2.07. The zero-order valence-corrected chi connectivity index (χ0v) is 12.3. The molecule has 0 spiro atoms. The molecule has 1 atom stereocenters. The molecule has 0 bridgehead atoms. The van der Waals surface area contributed by atoms with Gasteiger partial charge in [0.1, 0.15) is 0 Å². The van der Waals surface area contributed by atoms with Crippen molar-refractivity contribution in [3.8, 4) is 0 Å². The van der Waals surface area contributed by atoms with Gasteiger partial charge in [-0.1, -0.05) is 6.07 Å². The number of benzene rings is 1. The van der Waals surface area contributed by atoms with E-state index in [1.807, 2.05) is 0 Å². The summed E-state index contributed by atoms with van der Waals surface area (Å²) in [6.45, 7) is 1.57. The van der Waals surface area contributed by atoms with Gasteiger partial charge in [-0.15, -0.1) is 0 Å². The van der Waals surface area contributed by atoms with Crippen LogP contribution in [0.2, 0.25) is 0 Å². The number of rotatable bonds is 5. The second-order valence-electron chi connectivity index (χ2n) is 4.92. The number of carbonyl (C=O) groups excluding carboxylic acids is 3. The minimum absolute atomic E-state index is 0.200. The molecule has 0 unspecified atom stereocenters. The molecule has 2 rings (SSSR count). The number of ether oxygens (including phenoxy) is 2. The predicted octanol–water partition coefficient (Wildman–Crippen LogP) is 1.31. The lowest BCUT2D eigenvalue weighted by molar-refractivity contribution is -0.156. The lowest BCUT2D eigenvalue weighted by Crippen LogP contribution is -2.27. The SMILES string of the molecule is CC(=O)Nc1cccc(NC(=O)COC(=O)[C@H]2CCCO2)c1. The van der Waals surface area contributed by atoms with Crippen molar-refractivity contribution in [1.29, 1.82) is 0 Å². The summed E-state index contributed by atoms with van der Waals surface area (Å²) in [5, 5.41) is 5.21. The highest BCUT2D eigenvalue weighted by molar-refractivity contribution is 5.94. The van der Waals surface area contributed by atoms with Crippen LogP contribution in [0.3, 0.4) is 0 Å². The van der Waals surface area contributed by atoms with Crippen molar-refractivity contribution in [3.63, 3.8) is 0 Å². The first-order valence-electron chi connectivity index (χ1n) is 7.00. The number of esters is 1. The highest BCUT2D eigenvalue weighted by Gasteiger charge is 2.25. The Kier molecular flexibility index (Phi) is 5.48. The monoisotopic (exact) mass is 306 g/mol. The van der Waals surface area contributed by atoms with E-state index in [1.54, 1.807) is 24.3 Å². The average molecular weight is 306 g/mol. The van der Waals surface area contributed by atoms with Gasteiger partial charge in [0.2, 0.25) is 5.91 Å². The zero-order chi connectivity index (χ0) is 15.9. The van der Waals surface area contributed by atoms with Crippen molar-refractivity contribution in [2.24, 2.45) is 0 Å². The van der Waals surface area contributed by atoms with Crippen molar-refractivity contribution in [3.05, 3.63) is 24.3 Å². The molecule has 0 aromatic heterocycles.